The minimum Gasteiger partial charge on any atom is -0.481 e. The van der Waals surface area contributed by atoms with Gasteiger partial charge < -0.3 is 14.7 Å². The molecule has 0 saturated carbocycles. The SMILES string of the molecule is CN(C(=O)c1csc([N+](=O)[O-])c1)C1COCC1C(=O)O. The van der Waals surface area contributed by atoms with E-state index in [1.165, 1.54) is 23.4 Å². The highest BCUT2D eigenvalue weighted by Gasteiger charge is 2.39. The largest absolute Gasteiger partial charge is 0.481 e. The Morgan fingerprint density at radius 3 is 2.80 bits per heavy atom. The Kier molecular flexibility index (Phi) is 4.00. The molecule has 8 nitrogen and oxygen atoms in total. The Morgan fingerprint density at radius 2 is 2.25 bits per heavy atom. The van der Waals surface area contributed by atoms with Crippen LogP contribution in [-0.2, 0) is 9.53 Å². The van der Waals surface area contributed by atoms with Gasteiger partial charge in [-0.05, 0) is 0 Å². The number of nitro groups is 1. The number of hydrogen-bond donors (Lipinski definition) is 1. The lowest BCUT2D eigenvalue weighted by molar-refractivity contribution is -0.380. The highest BCUT2D eigenvalue weighted by atomic mass is 32.1. The van der Waals surface area contributed by atoms with E-state index in [-0.39, 0.29) is 23.8 Å². The molecule has 1 amide bonds. The summed E-state index contributed by atoms with van der Waals surface area (Å²) < 4.78 is 5.10. The van der Waals surface area contributed by atoms with E-state index < -0.39 is 28.8 Å². The Labute approximate surface area is 117 Å². The fraction of sp³-hybridized carbons (Fsp3) is 0.455. The van der Waals surface area contributed by atoms with Crippen LogP contribution in [0.5, 0.6) is 0 Å². The number of hydrogen-bond acceptors (Lipinski definition) is 6. The van der Waals surface area contributed by atoms with E-state index >= 15 is 0 Å². The van der Waals surface area contributed by atoms with E-state index in [0.29, 0.717) is 0 Å². The number of carbonyl (C=O) groups is 2. The molecule has 2 unspecified atom stereocenters. The van der Waals surface area contributed by atoms with E-state index in [1.54, 1.807) is 0 Å². The van der Waals surface area contributed by atoms with Gasteiger partial charge in [0.15, 0.2) is 0 Å². The first-order valence-corrected chi connectivity index (χ1v) is 6.60. The van der Waals surface area contributed by atoms with Crippen LogP contribution in [0, 0.1) is 16.0 Å². The number of thiophene rings is 1. The maximum absolute atomic E-state index is 12.2. The van der Waals surface area contributed by atoms with Crippen LogP contribution in [0.2, 0.25) is 0 Å². The average molecular weight is 300 g/mol. The number of rotatable bonds is 4. The number of nitrogens with zero attached hydrogens (tertiary/aromatic N) is 2. The van der Waals surface area contributed by atoms with Crippen LogP contribution < -0.4 is 0 Å². The van der Waals surface area contributed by atoms with Crippen molar-refractivity contribution in [2.45, 2.75) is 6.04 Å². The van der Waals surface area contributed by atoms with Gasteiger partial charge in [0.1, 0.15) is 5.92 Å². The minimum absolute atomic E-state index is 0.0569. The zero-order chi connectivity index (χ0) is 14.9. The monoisotopic (exact) mass is 300 g/mol. The molecule has 1 aromatic rings. The zero-order valence-electron chi connectivity index (χ0n) is 10.5. The van der Waals surface area contributed by atoms with E-state index in [9.17, 15) is 19.7 Å². The number of carboxylic acids is 1. The van der Waals surface area contributed by atoms with Crippen molar-refractivity contribution in [3.8, 4) is 0 Å². The number of carbonyl (C=O) groups excluding carboxylic acids is 1. The van der Waals surface area contributed by atoms with Crippen molar-refractivity contribution in [1.82, 2.24) is 4.90 Å². The summed E-state index contributed by atoms with van der Waals surface area (Å²) in [5.41, 5.74) is 0.181. The second-order valence-corrected chi connectivity index (χ2v) is 5.29. The summed E-state index contributed by atoms with van der Waals surface area (Å²) in [5.74, 6) is -2.25. The molecule has 2 heterocycles. The highest BCUT2D eigenvalue weighted by molar-refractivity contribution is 7.13. The molecule has 1 aliphatic rings. The third-order valence-electron chi connectivity index (χ3n) is 3.20. The van der Waals surface area contributed by atoms with E-state index in [0.717, 1.165) is 11.3 Å². The molecular formula is C11H12N2O6S. The number of amides is 1. The van der Waals surface area contributed by atoms with Gasteiger partial charge in [-0.1, -0.05) is 11.3 Å². The molecule has 1 saturated heterocycles. The molecule has 0 radical (unpaired) electrons. The van der Waals surface area contributed by atoms with E-state index in [1.807, 2.05) is 0 Å². The standard InChI is InChI=1S/C11H12N2O6S/c1-12(8-4-19-3-7(8)11(15)16)10(14)6-2-9(13(17)18)20-5-6/h2,5,7-8H,3-4H2,1H3,(H,15,16). The van der Waals surface area contributed by atoms with Gasteiger partial charge in [-0.2, -0.15) is 0 Å². The normalized spacial score (nSPS) is 21.6. The molecule has 1 fully saturated rings. The topological polar surface area (TPSA) is 110 Å². The number of likely N-dealkylation sites (N-methyl/N-ethyl adjacent to an activating group) is 1. The summed E-state index contributed by atoms with van der Waals surface area (Å²) in [4.78, 5) is 34.6. The molecule has 0 aromatic carbocycles. The predicted molar refractivity (Wildman–Crippen MR) is 68.8 cm³/mol. The van der Waals surface area contributed by atoms with Gasteiger partial charge in [0.25, 0.3) is 5.91 Å². The predicted octanol–water partition coefficient (Wildman–Crippen LogP) is 0.828. The van der Waals surface area contributed by atoms with E-state index in [2.05, 4.69) is 0 Å². The second kappa shape index (κ2) is 5.55. The Hall–Kier alpha value is -2.00. The molecule has 2 rings (SSSR count). The van der Waals surface area contributed by atoms with Crippen molar-refractivity contribution in [3.63, 3.8) is 0 Å². The van der Waals surface area contributed by atoms with Gasteiger partial charge in [0.2, 0.25) is 0 Å². The molecule has 20 heavy (non-hydrogen) atoms. The molecule has 9 heteroatoms. The lowest BCUT2D eigenvalue weighted by Gasteiger charge is -2.25. The number of aliphatic carboxylic acids is 1. The molecule has 108 valence electrons. The van der Waals surface area contributed by atoms with Crippen molar-refractivity contribution in [1.29, 1.82) is 0 Å². The van der Waals surface area contributed by atoms with E-state index in [4.69, 9.17) is 9.84 Å². The van der Waals surface area contributed by atoms with Gasteiger partial charge in [-0.3, -0.25) is 19.7 Å². The maximum Gasteiger partial charge on any atom is 0.324 e. The third kappa shape index (κ3) is 2.63. The van der Waals surface area contributed by atoms with Gasteiger partial charge in [-0.25, -0.2) is 0 Å². The highest BCUT2D eigenvalue weighted by Crippen LogP contribution is 2.26. The van der Waals surface area contributed by atoms with Crippen molar-refractivity contribution < 1.29 is 24.4 Å². The third-order valence-corrected chi connectivity index (χ3v) is 4.08. The number of carboxylic acid groups (broad SMARTS) is 1. The van der Waals surface area contributed by atoms with Crippen molar-refractivity contribution in [2.24, 2.45) is 5.92 Å². The molecule has 0 bridgehead atoms. The second-order valence-electron chi connectivity index (χ2n) is 4.40. The fourth-order valence-corrected chi connectivity index (χ4v) is 2.75. The molecular weight excluding hydrogens is 288 g/mol. The summed E-state index contributed by atoms with van der Waals surface area (Å²) in [6.07, 6.45) is 0. The zero-order valence-corrected chi connectivity index (χ0v) is 11.3. The molecule has 2 atom stereocenters. The maximum atomic E-state index is 12.2. The summed E-state index contributed by atoms with van der Waals surface area (Å²) in [6.45, 7) is 0.201. The van der Waals surface area contributed by atoms with Crippen molar-refractivity contribution >= 4 is 28.2 Å². The lowest BCUT2D eigenvalue weighted by atomic mass is 10.0. The molecule has 0 spiro atoms. The average Bonchev–Trinajstić information content (AvgIpc) is 3.05. The Balaban J connectivity index is 2.15. The summed E-state index contributed by atoms with van der Waals surface area (Å²) in [5, 5.41) is 20.9. The van der Waals surface area contributed by atoms with Gasteiger partial charge in [0, 0.05) is 18.5 Å². The van der Waals surface area contributed by atoms with Crippen molar-refractivity contribution in [3.05, 3.63) is 27.1 Å². The number of ether oxygens (including phenoxy) is 1. The molecule has 1 N–H and O–H groups in total. The summed E-state index contributed by atoms with van der Waals surface area (Å²) >= 11 is 0.859. The van der Waals surface area contributed by atoms with Crippen LogP contribution >= 0.6 is 11.3 Å². The summed E-state index contributed by atoms with van der Waals surface area (Å²) in [7, 11) is 1.47. The van der Waals surface area contributed by atoms with Crippen LogP contribution in [0.4, 0.5) is 5.00 Å². The fourth-order valence-electron chi connectivity index (χ4n) is 2.05. The first-order chi connectivity index (χ1) is 9.41. The van der Waals surface area contributed by atoms with Gasteiger partial charge in [0.05, 0.1) is 29.7 Å². The first kappa shape index (κ1) is 14.4. The Bertz CT molecular complexity index is 557. The van der Waals surface area contributed by atoms with Gasteiger partial charge in [-0.15, -0.1) is 0 Å². The first-order valence-electron chi connectivity index (χ1n) is 5.72. The van der Waals surface area contributed by atoms with Crippen molar-refractivity contribution in [2.75, 3.05) is 20.3 Å². The minimum atomic E-state index is -1.02. The molecule has 1 aromatic heterocycles. The smallest absolute Gasteiger partial charge is 0.324 e. The van der Waals surface area contributed by atoms with Crippen LogP contribution in [0.1, 0.15) is 10.4 Å². The van der Waals surface area contributed by atoms with Crippen LogP contribution in [0.3, 0.4) is 0 Å². The van der Waals surface area contributed by atoms with Crippen LogP contribution in [-0.4, -0.2) is 53.1 Å². The molecule has 0 aliphatic carbocycles. The Morgan fingerprint density at radius 1 is 1.55 bits per heavy atom. The van der Waals surface area contributed by atoms with Crippen LogP contribution in [0.25, 0.3) is 0 Å². The van der Waals surface area contributed by atoms with Crippen LogP contribution in [0.15, 0.2) is 11.4 Å². The summed E-state index contributed by atoms with van der Waals surface area (Å²) in [6, 6.07) is 0.619. The van der Waals surface area contributed by atoms with Gasteiger partial charge >= 0.3 is 11.0 Å². The quantitative estimate of drug-likeness (QED) is 0.651. The molecule has 1 aliphatic heterocycles. The lowest BCUT2D eigenvalue weighted by Crippen LogP contribution is -2.44.